The average molecular weight is 462 g/mol. The Morgan fingerprint density at radius 3 is 2.42 bits per heavy atom. The summed E-state index contributed by atoms with van der Waals surface area (Å²) in [5.41, 5.74) is 1.90. The summed E-state index contributed by atoms with van der Waals surface area (Å²) in [6.45, 7) is 3.39. The maximum Gasteiger partial charge on any atom is 0.231 e. The molecule has 0 N–H and O–H groups in total. The molecule has 1 aliphatic rings. The van der Waals surface area contributed by atoms with Crippen LogP contribution >= 0.6 is 11.8 Å². The quantitative estimate of drug-likeness (QED) is 0.250. The molecule has 8 heteroatoms. The first kappa shape index (κ1) is 21.2. The Balaban J connectivity index is 1.32. The lowest BCUT2D eigenvalue weighted by atomic mass is 10.2. The summed E-state index contributed by atoms with van der Waals surface area (Å²) in [6, 6.07) is 23.6. The zero-order valence-corrected chi connectivity index (χ0v) is 19.0. The van der Waals surface area contributed by atoms with Crippen molar-refractivity contribution in [2.45, 2.75) is 12.1 Å². The first-order valence-electron chi connectivity index (χ1n) is 10.7. The minimum Gasteiger partial charge on any atom is -0.494 e. The fourth-order valence-electron chi connectivity index (χ4n) is 3.49. The number of benzene rings is 3. The van der Waals surface area contributed by atoms with Gasteiger partial charge in [0.15, 0.2) is 22.5 Å². The van der Waals surface area contributed by atoms with Gasteiger partial charge in [-0.15, -0.1) is 10.2 Å². The van der Waals surface area contributed by atoms with Crippen LogP contribution in [0.15, 0.2) is 78.0 Å². The summed E-state index contributed by atoms with van der Waals surface area (Å²) in [6.07, 6.45) is 0. The molecule has 0 saturated heterocycles. The summed E-state index contributed by atoms with van der Waals surface area (Å²) in [5.74, 6) is 4.57. The lowest BCUT2D eigenvalue weighted by Crippen LogP contribution is -2.03. The highest BCUT2D eigenvalue weighted by Crippen LogP contribution is 2.37. The fraction of sp³-hybridized carbons (Fsp3) is 0.200. The van der Waals surface area contributed by atoms with Gasteiger partial charge >= 0.3 is 0 Å². The van der Waals surface area contributed by atoms with Crippen LogP contribution in [0.2, 0.25) is 0 Å². The molecule has 0 fully saturated rings. The summed E-state index contributed by atoms with van der Waals surface area (Å²) >= 11 is 1.60. The summed E-state index contributed by atoms with van der Waals surface area (Å²) in [4.78, 5) is 0. The van der Waals surface area contributed by atoms with Crippen LogP contribution in [0.3, 0.4) is 0 Å². The van der Waals surface area contributed by atoms with Gasteiger partial charge in [0.1, 0.15) is 11.5 Å². The average Bonchev–Trinajstić information content (AvgIpc) is 3.50. The second-order valence-corrected chi connectivity index (χ2v) is 8.21. The molecule has 0 atom stereocenters. The van der Waals surface area contributed by atoms with Gasteiger partial charge in [0.25, 0.3) is 0 Å². The molecule has 3 aromatic carbocycles. The van der Waals surface area contributed by atoms with Crippen LogP contribution in [0.25, 0.3) is 17.1 Å². The molecule has 0 bridgehead atoms. The molecule has 0 aliphatic carbocycles. The Labute approximate surface area is 196 Å². The normalized spacial score (nSPS) is 12.0. The molecule has 1 aromatic heterocycles. The highest BCUT2D eigenvalue weighted by molar-refractivity contribution is 7.99. The van der Waals surface area contributed by atoms with E-state index in [1.165, 1.54) is 0 Å². The number of aromatic nitrogens is 3. The van der Waals surface area contributed by atoms with Crippen LogP contribution in [-0.2, 0) is 0 Å². The van der Waals surface area contributed by atoms with Crippen molar-refractivity contribution in [1.29, 1.82) is 0 Å². The molecular formula is C25H23N3O4S. The predicted molar refractivity (Wildman–Crippen MR) is 127 cm³/mol. The van der Waals surface area contributed by atoms with Crippen molar-refractivity contribution >= 4 is 11.8 Å². The second-order valence-electron chi connectivity index (χ2n) is 7.15. The van der Waals surface area contributed by atoms with E-state index in [9.17, 15) is 0 Å². The molecule has 2 heterocycles. The maximum atomic E-state index is 5.88. The number of ether oxygens (including phenoxy) is 4. The number of hydrogen-bond donors (Lipinski definition) is 0. The van der Waals surface area contributed by atoms with Gasteiger partial charge in [0.05, 0.1) is 13.2 Å². The van der Waals surface area contributed by atoms with E-state index in [0.29, 0.717) is 19.0 Å². The molecule has 33 heavy (non-hydrogen) atoms. The van der Waals surface area contributed by atoms with E-state index in [4.69, 9.17) is 18.9 Å². The first-order chi connectivity index (χ1) is 16.3. The standard InChI is InChI=1S/C25H23N3O4S/c1-2-29-20-9-11-21(12-10-20)30-14-15-33-25-27-26-24(28(25)19-6-4-3-5-7-19)18-8-13-22-23(16-18)32-17-31-22/h3-13,16H,2,14-15,17H2,1H3. The summed E-state index contributed by atoms with van der Waals surface area (Å²) < 4.78 is 24.4. The van der Waals surface area contributed by atoms with Gasteiger partial charge in [-0.3, -0.25) is 4.57 Å². The molecule has 168 valence electrons. The minimum absolute atomic E-state index is 0.236. The van der Waals surface area contributed by atoms with Crippen LogP contribution < -0.4 is 18.9 Å². The highest BCUT2D eigenvalue weighted by Gasteiger charge is 2.20. The van der Waals surface area contributed by atoms with Gasteiger partial charge in [-0.2, -0.15) is 0 Å². The van der Waals surface area contributed by atoms with Crippen molar-refractivity contribution in [2.24, 2.45) is 0 Å². The van der Waals surface area contributed by atoms with Crippen molar-refractivity contribution in [2.75, 3.05) is 25.8 Å². The van der Waals surface area contributed by atoms with E-state index in [0.717, 1.165) is 45.2 Å². The van der Waals surface area contributed by atoms with E-state index in [1.54, 1.807) is 11.8 Å². The molecule has 4 aromatic rings. The number of nitrogens with zero attached hydrogens (tertiary/aromatic N) is 3. The third-order valence-electron chi connectivity index (χ3n) is 5.00. The molecule has 1 aliphatic heterocycles. The van der Waals surface area contributed by atoms with Gasteiger partial charge in [0.2, 0.25) is 6.79 Å². The lowest BCUT2D eigenvalue weighted by molar-refractivity contribution is 0.174. The van der Waals surface area contributed by atoms with Gasteiger partial charge < -0.3 is 18.9 Å². The van der Waals surface area contributed by atoms with E-state index in [2.05, 4.69) is 14.8 Å². The lowest BCUT2D eigenvalue weighted by Gasteiger charge is -2.11. The largest absolute Gasteiger partial charge is 0.494 e. The minimum atomic E-state index is 0.236. The number of hydrogen-bond acceptors (Lipinski definition) is 7. The number of para-hydroxylation sites is 1. The van der Waals surface area contributed by atoms with Gasteiger partial charge in [-0.05, 0) is 61.5 Å². The smallest absolute Gasteiger partial charge is 0.231 e. The molecule has 0 amide bonds. The number of fused-ring (bicyclic) bond motifs is 1. The molecule has 0 radical (unpaired) electrons. The van der Waals surface area contributed by atoms with E-state index < -0.39 is 0 Å². The van der Waals surface area contributed by atoms with Gasteiger partial charge in [-0.1, -0.05) is 30.0 Å². The second kappa shape index (κ2) is 9.87. The molecule has 7 nitrogen and oxygen atoms in total. The van der Waals surface area contributed by atoms with Crippen molar-refractivity contribution < 1.29 is 18.9 Å². The van der Waals surface area contributed by atoms with Gasteiger partial charge in [-0.25, -0.2) is 0 Å². The maximum absolute atomic E-state index is 5.88. The Kier molecular flexibility index (Phi) is 6.34. The van der Waals surface area contributed by atoms with Crippen LogP contribution in [0.4, 0.5) is 0 Å². The zero-order chi connectivity index (χ0) is 22.5. The third-order valence-corrected chi connectivity index (χ3v) is 5.89. The fourth-order valence-corrected chi connectivity index (χ4v) is 4.26. The van der Waals surface area contributed by atoms with Crippen molar-refractivity contribution in [3.05, 3.63) is 72.8 Å². The summed E-state index contributed by atoms with van der Waals surface area (Å²) in [5, 5.41) is 9.76. The van der Waals surface area contributed by atoms with Crippen LogP contribution in [0.1, 0.15) is 6.92 Å². The molecule has 0 saturated carbocycles. The van der Waals surface area contributed by atoms with Crippen LogP contribution in [-0.4, -0.2) is 40.5 Å². The van der Waals surface area contributed by atoms with Crippen molar-refractivity contribution in [3.8, 4) is 40.1 Å². The van der Waals surface area contributed by atoms with Gasteiger partial charge in [0, 0.05) is 17.0 Å². The molecule has 5 rings (SSSR count). The van der Waals surface area contributed by atoms with Crippen molar-refractivity contribution in [3.63, 3.8) is 0 Å². The third kappa shape index (κ3) is 4.75. The number of rotatable bonds is 9. The van der Waals surface area contributed by atoms with E-state index >= 15 is 0 Å². The zero-order valence-electron chi connectivity index (χ0n) is 18.1. The monoisotopic (exact) mass is 461 g/mol. The van der Waals surface area contributed by atoms with E-state index in [-0.39, 0.29) is 6.79 Å². The highest BCUT2D eigenvalue weighted by atomic mass is 32.2. The Morgan fingerprint density at radius 2 is 1.64 bits per heavy atom. The Bertz CT molecular complexity index is 1210. The Hall–Kier alpha value is -3.65. The van der Waals surface area contributed by atoms with E-state index in [1.807, 2.05) is 79.7 Å². The SMILES string of the molecule is CCOc1ccc(OCCSc2nnc(-c3ccc4c(c3)OCO4)n2-c2ccccc2)cc1. The summed E-state index contributed by atoms with van der Waals surface area (Å²) in [7, 11) is 0. The Morgan fingerprint density at radius 1 is 0.879 bits per heavy atom. The van der Waals surface area contributed by atoms with Crippen LogP contribution in [0.5, 0.6) is 23.0 Å². The van der Waals surface area contributed by atoms with Crippen molar-refractivity contribution in [1.82, 2.24) is 14.8 Å². The molecular weight excluding hydrogens is 438 g/mol. The molecule has 0 unspecified atom stereocenters. The topological polar surface area (TPSA) is 67.6 Å². The first-order valence-corrected chi connectivity index (χ1v) is 11.7. The molecule has 0 spiro atoms. The number of thioether (sulfide) groups is 1. The predicted octanol–water partition coefficient (Wildman–Crippen LogP) is 5.23. The van der Waals surface area contributed by atoms with Crippen LogP contribution in [0, 0.1) is 0 Å².